The number of carbonyl (C=O) groups is 3. The van der Waals surface area contributed by atoms with Crippen LogP contribution in [0.25, 0.3) is 0 Å². The molecule has 1 fully saturated rings. The van der Waals surface area contributed by atoms with Gasteiger partial charge in [-0.05, 0) is 43.9 Å². The zero-order valence-electron chi connectivity index (χ0n) is 18.6. The number of amides is 3. The Morgan fingerprint density at radius 1 is 1.29 bits per heavy atom. The molecule has 0 aliphatic carbocycles. The van der Waals surface area contributed by atoms with E-state index in [9.17, 15) is 23.2 Å². The van der Waals surface area contributed by atoms with Gasteiger partial charge in [-0.1, -0.05) is 18.5 Å². The molecule has 184 valence electrons. The Balaban J connectivity index is 1.74. The lowest BCUT2D eigenvalue weighted by Gasteiger charge is -2.29. The summed E-state index contributed by atoms with van der Waals surface area (Å²) in [6, 6.07) is 6.47. The minimum absolute atomic E-state index is 0.00654. The third kappa shape index (κ3) is 6.29. The van der Waals surface area contributed by atoms with E-state index in [-0.39, 0.29) is 49.1 Å². The van der Waals surface area contributed by atoms with Gasteiger partial charge in [0.1, 0.15) is 12.6 Å². The molecule has 0 spiro atoms. The highest BCUT2D eigenvalue weighted by Gasteiger charge is 2.27. The maximum absolute atomic E-state index is 13.8. The molecule has 0 bridgehead atoms. The van der Waals surface area contributed by atoms with Gasteiger partial charge in [0.15, 0.2) is 0 Å². The molecule has 1 aromatic carbocycles. The second kappa shape index (κ2) is 11.7. The van der Waals surface area contributed by atoms with Crippen molar-refractivity contribution in [1.82, 2.24) is 10.2 Å². The van der Waals surface area contributed by atoms with Gasteiger partial charge >= 0.3 is 0 Å². The van der Waals surface area contributed by atoms with Crippen LogP contribution < -0.4 is 15.5 Å². The second-order valence-electron chi connectivity index (χ2n) is 7.56. The summed E-state index contributed by atoms with van der Waals surface area (Å²) >= 11 is 6.99. The smallest absolute Gasteiger partial charge is 0.265 e. The SMILES string of the molecule is CCN(C)[C@@H](CNC(=O)c1ccc(Cl)s1)C(=O)Nc1ccc(N2CCOCC2=O)c(C(F)F)c1. The van der Waals surface area contributed by atoms with Crippen LogP contribution >= 0.6 is 22.9 Å². The molecule has 0 unspecified atom stereocenters. The van der Waals surface area contributed by atoms with Gasteiger partial charge in [0.2, 0.25) is 5.91 Å². The van der Waals surface area contributed by atoms with Crippen LogP contribution in [0.5, 0.6) is 0 Å². The van der Waals surface area contributed by atoms with Gasteiger partial charge in [0, 0.05) is 24.3 Å². The van der Waals surface area contributed by atoms with Gasteiger partial charge in [-0.15, -0.1) is 11.3 Å². The second-order valence-corrected chi connectivity index (χ2v) is 9.28. The molecule has 34 heavy (non-hydrogen) atoms. The Bertz CT molecular complexity index is 1050. The molecule has 1 aliphatic heterocycles. The number of alkyl halides is 2. The van der Waals surface area contributed by atoms with Crippen LogP contribution in [-0.4, -0.2) is 68.6 Å². The minimum Gasteiger partial charge on any atom is -0.370 e. The van der Waals surface area contributed by atoms with Crippen LogP contribution in [0.15, 0.2) is 30.3 Å². The summed E-state index contributed by atoms with van der Waals surface area (Å²) in [5.41, 5.74) is -0.114. The number of likely N-dealkylation sites (N-methyl/N-ethyl adjacent to an activating group) is 1. The first kappa shape index (κ1) is 26.0. The quantitative estimate of drug-likeness (QED) is 0.535. The van der Waals surface area contributed by atoms with E-state index in [2.05, 4.69) is 10.6 Å². The molecular weight excluding hydrogens is 490 g/mol. The van der Waals surface area contributed by atoms with Gasteiger partial charge in [-0.2, -0.15) is 0 Å². The van der Waals surface area contributed by atoms with E-state index < -0.39 is 24.3 Å². The highest BCUT2D eigenvalue weighted by Crippen LogP contribution is 2.33. The molecule has 0 radical (unpaired) electrons. The number of carbonyl (C=O) groups excluding carboxylic acids is 3. The lowest BCUT2D eigenvalue weighted by molar-refractivity contribution is -0.125. The Morgan fingerprint density at radius 3 is 2.68 bits per heavy atom. The zero-order chi connectivity index (χ0) is 24.8. The average molecular weight is 515 g/mol. The maximum Gasteiger partial charge on any atom is 0.265 e. The van der Waals surface area contributed by atoms with Gasteiger partial charge in [-0.25, -0.2) is 8.78 Å². The molecule has 1 aliphatic rings. The fraction of sp³-hybridized carbons (Fsp3) is 0.409. The Hall–Kier alpha value is -2.60. The number of nitrogens with one attached hydrogen (secondary N) is 2. The molecule has 12 heteroatoms. The molecule has 8 nitrogen and oxygen atoms in total. The molecule has 3 amide bonds. The lowest BCUT2D eigenvalue weighted by Crippen LogP contribution is -2.49. The summed E-state index contributed by atoms with van der Waals surface area (Å²) in [4.78, 5) is 40.9. The number of anilines is 2. The lowest BCUT2D eigenvalue weighted by atomic mass is 10.1. The van der Waals surface area contributed by atoms with Crippen molar-refractivity contribution in [1.29, 1.82) is 0 Å². The van der Waals surface area contributed by atoms with E-state index in [1.807, 2.05) is 6.92 Å². The van der Waals surface area contributed by atoms with Crippen molar-refractivity contribution < 1.29 is 27.9 Å². The van der Waals surface area contributed by atoms with Crippen molar-refractivity contribution >= 4 is 52.0 Å². The number of ether oxygens (including phenoxy) is 1. The fourth-order valence-corrected chi connectivity index (χ4v) is 4.39. The molecule has 1 aromatic heterocycles. The van der Waals surface area contributed by atoms with Gasteiger partial charge < -0.3 is 20.3 Å². The predicted molar refractivity (Wildman–Crippen MR) is 127 cm³/mol. The molecular formula is C22H25ClF2N4O4S. The molecule has 1 saturated heterocycles. The third-order valence-electron chi connectivity index (χ3n) is 5.39. The number of halogens is 3. The molecule has 2 N–H and O–H groups in total. The first-order valence-electron chi connectivity index (χ1n) is 10.6. The number of benzene rings is 1. The van der Waals surface area contributed by atoms with E-state index in [0.717, 1.165) is 17.4 Å². The van der Waals surface area contributed by atoms with Crippen LogP contribution in [0.4, 0.5) is 20.2 Å². The Labute approximate surface area is 204 Å². The van der Waals surface area contributed by atoms with Crippen LogP contribution in [0, 0.1) is 0 Å². The van der Waals surface area contributed by atoms with Gasteiger partial charge in [-0.3, -0.25) is 19.3 Å². The van der Waals surface area contributed by atoms with Crippen LogP contribution in [-0.2, 0) is 14.3 Å². The Kier molecular flexibility index (Phi) is 8.95. The standard InChI is InChI=1S/C22H25ClF2N4O4S/c1-3-28(2)16(11-26-22(32)17-6-7-18(23)34-17)21(31)27-13-4-5-15(14(10-13)20(24)25)29-8-9-33-12-19(29)30/h4-7,10,16,20H,3,8-9,11-12H2,1-2H3,(H,26,32)(H,27,31)/t16-/m0/s1. The highest BCUT2D eigenvalue weighted by atomic mass is 35.5. The minimum atomic E-state index is -2.85. The predicted octanol–water partition coefficient (Wildman–Crippen LogP) is 3.39. The fourth-order valence-electron chi connectivity index (χ4n) is 3.43. The zero-order valence-corrected chi connectivity index (χ0v) is 20.2. The number of nitrogens with zero attached hydrogens (tertiary/aromatic N) is 2. The van der Waals surface area contributed by atoms with E-state index in [1.165, 1.54) is 17.0 Å². The topological polar surface area (TPSA) is 91.0 Å². The number of hydrogen-bond acceptors (Lipinski definition) is 6. The largest absolute Gasteiger partial charge is 0.370 e. The van der Waals surface area contributed by atoms with E-state index in [1.54, 1.807) is 24.1 Å². The molecule has 3 rings (SSSR count). The number of rotatable bonds is 9. The summed E-state index contributed by atoms with van der Waals surface area (Å²) < 4.78 is 33.1. The highest BCUT2D eigenvalue weighted by molar-refractivity contribution is 7.18. The molecule has 2 heterocycles. The number of morpholine rings is 1. The molecule has 0 saturated carbocycles. The number of thiophene rings is 1. The van der Waals surface area contributed by atoms with Crippen LogP contribution in [0.1, 0.15) is 28.6 Å². The van der Waals surface area contributed by atoms with Crippen molar-refractivity contribution in [2.45, 2.75) is 19.4 Å². The normalized spacial score (nSPS) is 15.0. The van der Waals surface area contributed by atoms with Crippen molar-refractivity contribution in [3.63, 3.8) is 0 Å². The van der Waals surface area contributed by atoms with Crippen LogP contribution in [0.3, 0.4) is 0 Å². The Morgan fingerprint density at radius 2 is 2.06 bits per heavy atom. The first-order chi connectivity index (χ1) is 16.2. The summed E-state index contributed by atoms with van der Waals surface area (Å²) in [6.45, 7) is 2.62. The van der Waals surface area contributed by atoms with Crippen LogP contribution in [0.2, 0.25) is 4.34 Å². The molecule has 2 aromatic rings. The van der Waals surface area contributed by atoms with Gasteiger partial charge in [0.25, 0.3) is 18.2 Å². The van der Waals surface area contributed by atoms with E-state index >= 15 is 0 Å². The first-order valence-corrected chi connectivity index (χ1v) is 11.8. The van der Waals surface area contributed by atoms with Crippen molar-refractivity contribution in [2.24, 2.45) is 0 Å². The van der Waals surface area contributed by atoms with Crippen molar-refractivity contribution in [2.75, 3.05) is 50.1 Å². The van der Waals surface area contributed by atoms with Crippen molar-refractivity contribution in [3.05, 3.63) is 45.1 Å². The van der Waals surface area contributed by atoms with E-state index in [0.29, 0.717) is 15.8 Å². The number of hydrogen-bond donors (Lipinski definition) is 2. The summed E-state index contributed by atoms with van der Waals surface area (Å²) in [5.74, 6) is -1.24. The average Bonchev–Trinajstić information content (AvgIpc) is 3.25. The van der Waals surface area contributed by atoms with Crippen molar-refractivity contribution in [3.8, 4) is 0 Å². The maximum atomic E-state index is 13.8. The summed E-state index contributed by atoms with van der Waals surface area (Å²) in [6.07, 6.45) is -2.85. The summed E-state index contributed by atoms with van der Waals surface area (Å²) in [7, 11) is 1.72. The third-order valence-corrected chi connectivity index (χ3v) is 6.62. The monoisotopic (exact) mass is 514 g/mol. The van der Waals surface area contributed by atoms with Gasteiger partial charge in [0.05, 0.1) is 21.5 Å². The summed E-state index contributed by atoms with van der Waals surface area (Å²) in [5, 5.41) is 5.36. The molecule has 1 atom stereocenters. The van der Waals surface area contributed by atoms with E-state index in [4.69, 9.17) is 16.3 Å².